The molecular formula is C17H21ClO4. The molecule has 0 bridgehead atoms. The van der Waals surface area contributed by atoms with Crippen molar-refractivity contribution in [3.63, 3.8) is 0 Å². The van der Waals surface area contributed by atoms with Crippen LogP contribution in [-0.2, 0) is 6.42 Å². The lowest BCUT2D eigenvalue weighted by Crippen LogP contribution is -2.61. The van der Waals surface area contributed by atoms with E-state index in [1.807, 2.05) is 13.8 Å². The second-order valence-electron chi connectivity index (χ2n) is 7.14. The number of aliphatic hydroxyl groups is 1. The Morgan fingerprint density at radius 3 is 2.68 bits per heavy atom. The minimum absolute atomic E-state index is 0.172. The highest BCUT2D eigenvalue weighted by Crippen LogP contribution is 2.56. The van der Waals surface area contributed by atoms with Crippen molar-refractivity contribution in [1.82, 2.24) is 0 Å². The lowest BCUT2D eigenvalue weighted by atomic mass is 9.58. The van der Waals surface area contributed by atoms with Crippen molar-refractivity contribution in [1.29, 1.82) is 0 Å². The Hall–Kier alpha value is -1.26. The molecule has 1 aliphatic heterocycles. The number of hydrogen-bond acceptors (Lipinski definition) is 3. The van der Waals surface area contributed by atoms with Crippen LogP contribution in [0.15, 0.2) is 12.1 Å². The summed E-state index contributed by atoms with van der Waals surface area (Å²) in [5, 5.41) is 20.0. The predicted molar refractivity (Wildman–Crippen MR) is 83.7 cm³/mol. The van der Waals surface area contributed by atoms with Gasteiger partial charge in [-0.2, -0.15) is 0 Å². The number of rotatable bonds is 1. The van der Waals surface area contributed by atoms with Gasteiger partial charge in [0.25, 0.3) is 0 Å². The molecule has 3 rings (SSSR count). The molecule has 4 nitrogen and oxygen atoms in total. The Balaban J connectivity index is 2.09. The van der Waals surface area contributed by atoms with Gasteiger partial charge in [0.2, 0.25) is 0 Å². The number of carbonyl (C=O) groups is 1. The molecule has 1 spiro atoms. The molecule has 0 aromatic heterocycles. The fraction of sp³-hybridized carbons (Fsp3) is 0.588. The third-order valence-electron chi connectivity index (χ3n) is 5.70. The molecule has 1 aromatic carbocycles. The Morgan fingerprint density at radius 2 is 2.05 bits per heavy atom. The molecule has 1 heterocycles. The van der Waals surface area contributed by atoms with Crippen LogP contribution in [0.1, 0.15) is 49.5 Å². The molecule has 0 amide bonds. The van der Waals surface area contributed by atoms with Crippen molar-refractivity contribution in [3.05, 3.63) is 28.3 Å². The van der Waals surface area contributed by atoms with Crippen LogP contribution in [0.3, 0.4) is 0 Å². The maximum Gasteiger partial charge on any atom is 0.335 e. The SMILES string of the molecule is C[C@@H]1CC[C@H](O)C(C)(C)[C@]12Cc1cc(C(=O)O)cc(Cl)c1O2. The van der Waals surface area contributed by atoms with Crippen LogP contribution >= 0.6 is 11.6 Å². The smallest absolute Gasteiger partial charge is 0.335 e. The molecule has 0 unspecified atom stereocenters. The highest BCUT2D eigenvalue weighted by Gasteiger charge is 2.60. The summed E-state index contributed by atoms with van der Waals surface area (Å²) in [4.78, 5) is 11.2. The highest BCUT2D eigenvalue weighted by atomic mass is 35.5. The Morgan fingerprint density at radius 1 is 1.36 bits per heavy atom. The summed E-state index contributed by atoms with van der Waals surface area (Å²) in [6.45, 7) is 6.17. The first-order chi connectivity index (χ1) is 10.2. The molecule has 1 saturated carbocycles. The molecule has 120 valence electrons. The molecule has 2 aliphatic rings. The van der Waals surface area contributed by atoms with E-state index < -0.39 is 23.1 Å². The molecule has 1 aliphatic carbocycles. The van der Waals surface area contributed by atoms with Crippen molar-refractivity contribution in [2.24, 2.45) is 11.3 Å². The molecule has 5 heteroatoms. The first kappa shape index (κ1) is 15.6. The maximum atomic E-state index is 11.2. The fourth-order valence-corrected chi connectivity index (χ4v) is 4.35. The molecule has 1 aromatic rings. The third-order valence-corrected chi connectivity index (χ3v) is 5.98. The second-order valence-corrected chi connectivity index (χ2v) is 7.54. The summed E-state index contributed by atoms with van der Waals surface area (Å²) < 4.78 is 6.31. The number of fused-ring (bicyclic) bond motifs is 1. The zero-order valence-corrected chi connectivity index (χ0v) is 13.8. The quantitative estimate of drug-likeness (QED) is 0.829. The predicted octanol–water partition coefficient (Wildman–Crippen LogP) is 3.53. The van der Waals surface area contributed by atoms with Gasteiger partial charge in [0.15, 0.2) is 0 Å². The van der Waals surface area contributed by atoms with Crippen LogP contribution in [0.5, 0.6) is 5.75 Å². The van der Waals surface area contributed by atoms with Gasteiger partial charge in [-0.3, -0.25) is 0 Å². The third kappa shape index (κ3) is 1.97. The standard InChI is InChI=1S/C17H21ClO4/c1-9-4-5-13(19)16(2,3)17(9)8-11-6-10(15(20)21)7-12(18)14(11)22-17/h6-7,9,13,19H,4-5,8H2,1-3H3,(H,20,21)/t9-,13+,17+/m1/s1. The van der Waals surface area contributed by atoms with Gasteiger partial charge in [-0.15, -0.1) is 0 Å². The molecule has 22 heavy (non-hydrogen) atoms. The van der Waals surface area contributed by atoms with E-state index in [2.05, 4.69) is 6.92 Å². The Kier molecular flexibility index (Phi) is 3.46. The number of aliphatic hydroxyl groups excluding tert-OH is 1. The van der Waals surface area contributed by atoms with E-state index in [1.165, 1.54) is 6.07 Å². The molecule has 1 fully saturated rings. The summed E-state index contributed by atoms with van der Waals surface area (Å²) in [5.41, 5.74) is 0.00890. The molecule has 0 saturated heterocycles. The number of hydrogen-bond donors (Lipinski definition) is 2. The van der Waals surface area contributed by atoms with Crippen molar-refractivity contribution < 1.29 is 19.7 Å². The van der Waals surface area contributed by atoms with Crippen molar-refractivity contribution in [2.45, 2.75) is 51.7 Å². The lowest BCUT2D eigenvalue weighted by molar-refractivity contribution is -0.156. The average Bonchev–Trinajstić information content (AvgIpc) is 2.84. The first-order valence-electron chi connectivity index (χ1n) is 7.62. The molecule has 0 radical (unpaired) electrons. The van der Waals surface area contributed by atoms with Gasteiger partial charge in [-0.05, 0) is 30.9 Å². The summed E-state index contributed by atoms with van der Waals surface area (Å²) in [6.07, 6.45) is 1.76. The van der Waals surface area contributed by atoms with E-state index in [4.69, 9.17) is 16.3 Å². The minimum atomic E-state index is -0.998. The van der Waals surface area contributed by atoms with Crippen LogP contribution in [0.2, 0.25) is 5.02 Å². The first-order valence-corrected chi connectivity index (χ1v) is 7.99. The van der Waals surface area contributed by atoms with Gasteiger partial charge in [0.05, 0.1) is 16.7 Å². The van der Waals surface area contributed by atoms with Crippen molar-refractivity contribution in [3.8, 4) is 5.75 Å². The number of ether oxygens (including phenoxy) is 1. The van der Waals surface area contributed by atoms with Gasteiger partial charge in [-0.25, -0.2) is 4.79 Å². The van der Waals surface area contributed by atoms with Gasteiger partial charge in [0, 0.05) is 17.4 Å². The molecule has 2 N–H and O–H groups in total. The highest BCUT2D eigenvalue weighted by molar-refractivity contribution is 6.32. The van der Waals surface area contributed by atoms with E-state index in [-0.39, 0.29) is 11.5 Å². The summed E-state index contributed by atoms with van der Waals surface area (Å²) >= 11 is 6.25. The monoisotopic (exact) mass is 324 g/mol. The van der Waals surface area contributed by atoms with Crippen LogP contribution in [0.25, 0.3) is 0 Å². The van der Waals surface area contributed by atoms with Crippen molar-refractivity contribution >= 4 is 17.6 Å². The van der Waals surface area contributed by atoms with Gasteiger partial charge in [-0.1, -0.05) is 32.4 Å². The number of carboxylic acids is 1. The van der Waals surface area contributed by atoms with E-state index in [0.717, 1.165) is 18.4 Å². The second kappa shape index (κ2) is 4.87. The van der Waals surface area contributed by atoms with Crippen LogP contribution in [0, 0.1) is 11.3 Å². The normalized spacial score (nSPS) is 32.6. The van der Waals surface area contributed by atoms with Crippen molar-refractivity contribution in [2.75, 3.05) is 0 Å². The summed E-state index contributed by atoms with van der Waals surface area (Å²) in [6, 6.07) is 3.07. The summed E-state index contributed by atoms with van der Waals surface area (Å²) in [7, 11) is 0. The molecular weight excluding hydrogens is 304 g/mol. The fourth-order valence-electron chi connectivity index (χ4n) is 4.07. The summed E-state index contributed by atoms with van der Waals surface area (Å²) in [5.74, 6) is -0.176. The zero-order chi connectivity index (χ0) is 16.3. The number of carboxylic acid groups (broad SMARTS) is 1. The zero-order valence-electron chi connectivity index (χ0n) is 13.0. The lowest BCUT2D eigenvalue weighted by Gasteiger charge is -2.53. The van der Waals surface area contributed by atoms with Crippen LogP contribution in [-0.4, -0.2) is 27.9 Å². The number of aromatic carboxylic acids is 1. The number of benzene rings is 1. The molecule has 3 atom stereocenters. The minimum Gasteiger partial charge on any atom is -0.484 e. The van der Waals surface area contributed by atoms with E-state index in [1.54, 1.807) is 6.07 Å². The Bertz CT molecular complexity index is 640. The maximum absolute atomic E-state index is 11.2. The van der Waals surface area contributed by atoms with Crippen LogP contribution < -0.4 is 4.74 Å². The van der Waals surface area contributed by atoms with Gasteiger partial charge >= 0.3 is 5.97 Å². The van der Waals surface area contributed by atoms with E-state index >= 15 is 0 Å². The number of halogens is 1. The van der Waals surface area contributed by atoms with Gasteiger partial charge < -0.3 is 14.9 Å². The van der Waals surface area contributed by atoms with Crippen LogP contribution in [0.4, 0.5) is 0 Å². The van der Waals surface area contributed by atoms with Gasteiger partial charge in [0.1, 0.15) is 11.4 Å². The average molecular weight is 325 g/mol. The van der Waals surface area contributed by atoms with E-state index in [9.17, 15) is 15.0 Å². The largest absolute Gasteiger partial charge is 0.484 e. The van der Waals surface area contributed by atoms with E-state index in [0.29, 0.717) is 17.2 Å². The Labute approximate surface area is 135 Å². The topological polar surface area (TPSA) is 66.8 Å².